The second kappa shape index (κ2) is 6.20. The molecule has 0 bridgehead atoms. The highest BCUT2D eigenvalue weighted by molar-refractivity contribution is 7.95. The Hall–Kier alpha value is -2.07. The molecule has 0 fully saturated rings. The van der Waals surface area contributed by atoms with Crippen LogP contribution in [-0.4, -0.2) is 13.5 Å². The fraction of sp³-hybridized carbons (Fsp3) is 0.263. The third-order valence-corrected chi connectivity index (χ3v) is 5.82. The van der Waals surface area contributed by atoms with E-state index in [4.69, 9.17) is 0 Å². The van der Waals surface area contributed by atoms with Gasteiger partial charge in [0.05, 0.1) is 4.90 Å². The third-order valence-electron chi connectivity index (χ3n) is 4.19. The molecule has 0 aliphatic carbocycles. The van der Waals surface area contributed by atoms with Crippen LogP contribution >= 0.6 is 0 Å². The van der Waals surface area contributed by atoms with E-state index >= 15 is 0 Å². The number of fused-ring (bicyclic) bond motifs is 1. The molecule has 2 aromatic rings. The van der Waals surface area contributed by atoms with Crippen LogP contribution < -0.4 is 0 Å². The highest BCUT2D eigenvalue weighted by atomic mass is 32.2. The fourth-order valence-electron chi connectivity index (χ4n) is 3.11. The van der Waals surface area contributed by atoms with Crippen molar-refractivity contribution in [3.63, 3.8) is 0 Å². The van der Waals surface area contributed by atoms with Gasteiger partial charge in [0, 0.05) is 11.0 Å². The molecule has 1 heterocycles. The van der Waals surface area contributed by atoms with E-state index in [1.54, 1.807) is 12.1 Å². The lowest BCUT2D eigenvalue weighted by Gasteiger charge is -2.11. The maximum absolute atomic E-state index is 12.5. The largest absolute Gasteiger partial charge is 0.508 e. The molecule has 0 amide bonds. The van der Waals surface area contributed by atoms with Gasteiger partial charge < -0.3 is 5.11 Å². The summed E-state index contributed by atoms with van der Waals surface area (Å²) in [5.41, 5.74) is 3.33. The first-order valence-corrected chi connectivity index (χ1v) is 9.42. The Morgan fingerprint density at radius 3 is 2.39 bits per heavy atom. The monoisotopic (exact) mass is 328 g/mol. The van der Waals surface area contributed by atoms with Crippen LogP contribution in [-0.2, 0) is 22.7 Å². The van der Waals surface area contributed by atoms with E-state index in [-0.39, 0.29) is 5.75 Å². The first-order valence-electron chi connectivity index (χ1n) is 7.87. The zero-order valence-corrected chi connectivity index (χ0v) is 13.9. The Balaban J connectivity index is 1.96. The molecule has 120 valence electrons. The van der Waals surface area contributed by atoms with Crippen molar-refractivity contribution < 1.29 is 13.5 Å². The molecule has 0 atom stereocenters. The number of hydrogen-bond donors (Lipinski definition) is 1. The molecule has 23 heavy (non-hydrogen) atoms. The minimum Gasteiger partial charge on any atom is -0.508 e. The lowest BCUT2D eigenvalue weighted by Crippen LogP contribution is -2.01. The van der Waals surface area contributed by atoms with Gasteiger partial charge in [0.2, 0.25) is 9.84 Å². The van der Waals surface area contributed by atoms with Crippen LogP contribution in [0.2, 0.25) is 0 Å². The summed E-state index contributed by atoms with van der Waals surface area (Å²) in [6.45, 7) is 1.98. The quantitative estimate of drug-likeness (QED) is 0.899. The minimum absolute atomic E-state index is 0.0758. The van der Waals surface area contributed by atoms with Crippen LogP contribution in [0.4, 0.5) is 0 Å². The molecule has 0 spiro atoms. The van der Waals surface area contributed by atoms with E-state index in [2.05, 4.69) is 0 Å². The molecule has 0 radical (unpaired) electrons. The number of aromatic hydroxyl groups is 1. The van der Waals surface area contributed by atoms with E-state index in [1.165, 1.54) is 11.0 Å². The van der Waals surface area contributed by atoms with E-state index in [9.17, 15) is 13.5 Å². The zero-order valence-electron chi connectivity index (χ0n) is 13.1. The number of sulfone groups is 1. The van der Waals surface area contributed by atoms with Gasteiger partial charge in [-0.1, -0.05) is 43.7 Å². The summed E-state index contributed by atoms with van der Waals surface area (Å²) >= 11 is 0. The van der Waals surface area contributed by atoms with Gasteiger partial charge in [-0.25, -0.2) is 8.42 Å². The fourth-order valence-corrected chi connectivity index (χ4v) is 4.91. The number of benzene rings is 2. The molecule has 1 N–H and O–H groups in total. The highest BCUT2D eigenvalue weighted by Gasteiger charge is 2.30. The minimum atomic E-state index is -3.46. The maximum atomic E-state index is 12.5. The summed E-state index contributed by atoms with van der Waals surface area (Å²) in [4.78, 5) is 0.308. The summed E-state index contributed by atoms with van der Waals surface area (Å²) in [5.74, 6) is 0.0758. The summed E-state index contributed by atoms with van der Waals surface area (Å²) < 4.78 is 25.1. The lowest BCUT2D eigenvalue weighted by molar-refractivity contribution is 0.464. The van der Waals surface area contributed by atoms with Crippen molar-refractivity contribution in [1.82, 2.24) is 0 Å². The molecule has 0 aromatic heterocycles. The molecule has 4 heteroatoms. The van der Waals surface area contributed by atoms with E-state index in [0.29, 0.717) is 23.3 Å². The molecule has 0 saturated carbocycles. The average molecular weight is 328 g/mol. The van der Waals surface area contributed by atoms with E-state index < -0.39 is 9.84 Å². The van der Waals surface area contributed by atoms with Gasteiger partial charge in [-0.2, -0.15) is 0 Å². The van der Waals surface area contributed by atoms with Crippen LogP contribution in [0.3, 0.4) is 0 Å². The molecule has 0 saturated heterocycles. The van der Waals surface area contributed by atoms with Crippen molar-refractivity contribution in [2.24, 2.45) is 0 Å². The molecule has 1 aliphatic heterocycles. The third kappa shape index (κ3) is 3.04. The Bertz CT molecular complexity index is 850. The first-order chi connectivity index (χ1) is 11.0. The van der Waals surface area contributed by atoms with E-state index in [0.717, 1.165) is 24.0 Å². The van der Waals surface area contributed by atoms with Crippen LogP contribution in [0.1, 0.15) is 36.5 Å². The Kier molecular flexibility index (Phi) is 4.26. The van der Waals surface area contributed by atoms with Crippen LogP contribution in [0.15, 0.2) is 52.8 Å². The number of phenolic OH excluding ortho intramolecular Hbond substituents is 1. The van der Waals surface area contributed by atoms with Crippen LogP contribution in [0.5, 0.6) is 5.75 Å². The van der Waals surface area contributed by atoms with Crippen molar-refractivity contribution in [2.45, 2.75) is 37.5 Å². The topological polar surface area (TPSA) is 54.4 Å². The molecule has 3 nitrogen and oxygen atoms in total. The van der Waals surface area contributed by atoms with Gasteiger partial charge in [-0.15, -0.1) is 0 Å². The summed E-state index contributed by atoms with van der Waals surface area (Å²) in [7, 11) is -3.46. The Morgan fingerprint density at radius 1 is 0.957 bits per heavy atom. The van der Waals surface area contributed by atoms with Gasteiger partial charge in [0.1, 0.15) is 5.75 Å². The molecule has 1 aliphatic rings. The zero-order chi connectivity index (χ0) is 16.4. The van der Waals surface area contributed by atoms with Crippen molar-refractivity contribution in [3.05, 3.63) is 64.6 Å². The normalized spacial score (nSPS) is 15.3. The van der Waals surface area contributed by atoms with Gasteiger partial charge >= 0.3 is 0 Å². The Morgan fingerprint density at radius 2 is 1.70 bits per heavy atom. The van der Waals surface area contributed by atoms with Gasteiger partial charge in [-0.05, 0) is 48.1 Å². The smallest absolute Gasteiger partial charge is 0.201 e. The average Bonchev–Trinajstić information content (AvgIpc) is 2.80. The van der Waals surface area contributed by atoms with Crippen molar-refractivity contribution in [2.75, 3.05) is 0 Å². The molecule has 0 unspecified atom stereocenters. The highest BCUT2D eigenvalue weighted by Crippen LogP contribution is 2.41. The standard InChI is InChI=1S/C19H20O3S/c1-2-6-17-18(20)12-11-16-15(13-23(21,22)19(16)17)10-9-14-7-4-3-5-8-14/h3-5,7-8,11-13,20H,2,6,9-10H2,1H3. The number of hydrogen-bond acceptors (Lipinski definition) is 3. The lowest BCUT2D eigenvalue weighted by atomic mass is 9.96. The second-order valence-electron chi connectivity index (χ2n) is 5.86. The predicted molar refractivity (Wildman–Crippen MR) is 92.0 cm³/mol. The molecule has 2 aromatic carbocycles. The van der Waals surface area contributed by atoms with Gasteiger partial charge in [0.25, 0.3) is 0 Å². The molecular formula is C19H20O3S. The number of allylic oxidation sites excluding steroid dienone is 1. The number of phenols is 1. The predicted octanol–water partition coefficient (Wildman–Crippen LogP) is 4.11. The summed E-state index contributed by atoms with van der Waals surface area (Å²) in [6, 6.07) is 13.4. The second-order valence-corrected chi connectivity index (χ2v) is 7.60. The summed E-state index contributed by atoms with van der Waals surface area (Å²) in [6.07, 6.45) is 2.82. The SMILES string of the molecule is CCCc1c(O)ccc2c1S(=O)(=O)C=C2CCc1ccccc1. The van der Waals surface area contributed by atoms with Crippen molar-refractivity contribution in [1.29, 1.82) is 0 Å². The molecular weight excluding hydrogens is 308 g/mol. The van der Waals surface area contributed by atoms with E-state index in [1.807, 2.05) is 37.3 Å². The van der Waals surface area contributed by atoms with Crippen LogP contribution in [0.25, 0.3) is 5.57 Å². The van der Waals surface area contributed by atoms with Gasteiger partial charge in [0.15, 0.2) is 0 Å². The number of rotatable bonds is 5. The van der Waals surface area contributed by atoms with Gasteiger partial charge in [-0.3, -0.25) is 0 Å². The molecule has 3 rings (SSSR count). The summed E-state index contributed by atoms with van der Waals surface area (Å²) in [5, 5.41) is 11.4. The Labute approximate surface area is 137 Å². The van der Waals surface area contributed by atoms with Crippen molar-refractivity contribution >= 4 is 15.4 Å². The maximum Gasteiger partial charge on any atom is 0.201 e. The first kappa shape index (κ1) is 15.8. The van der Waals surface area contributed by atoms with Crippen molar-refractivity contribution in [3.8, 4) is 5.75 Å². The number of aryl methyl sites for hydroxylation is 1. The van der Waals surface area contributed by atoms with Crippen LogP contribution in [0, 0.1) is 0 Å².